The number of ketones is 2. The Morgan fingerprint density at radius 3 is 2.41 bits per heavy atom. The Kier molecular flexibility index (Phi) is 5.70. The molecule has 1 aromatic heterocycles. The molecule has 158 valence electrons. The summed E-state index contributed by atoms with van der Waals surface area (Å²) in [6, 6.07) is 0. The lowest BCUT2D eigenvalue weighted by Crippen LogP contribution is -2.30. The van der Waals surface area contributed by atoms with Crippen LogP contribution in [0.4, 0.5) is 0 Å². The summed E-state index contributed by atoms with van der Waals surface area (Å²) in [5.41, 5.74) is 1.35. The van der Waals surface area contributed by atoms with Crippen molar-refractivity contribution in [1.82, 2.24) is 5.16 Å². The number of oxime groups is 1. The summed E-state index contributed by atoms with van der Waals surface area (Å²) in [6.07, 6.45) is 2.57. The average molecular weight is 402 g/mol. The standard InChI is InChI=1S/C22H30N2O5/c1-6-28-23-13(19-15(25)9-21(2,3)10-16(19)26)7-8-14-20-17(27)11-22(4,5)12-18(20)29-24-14/h25H,6-12H2,1-5H3/b23-13+. The molecule has 0 saturated carbocycles. The number of carbonyl (C=O) groups excluding carboxylic acids is 2. The summed E-state index contributed by atoms with van der Waals surface area (Å²) in [5, 5.41) is 18.7. The number of aliphatic hydroxyl groups is 1. The summed E-state index contributed by atoms with van der Waals surface area (Å²) < 4.78 is 5.45. The maximum atomic E-state index is 12.7. The lowest BCUT2D eigenvalue weighted by Gasteiger charge is -2.29. The first kappa shape index (κ1) is 21.3. The van der Waals surface area contributed by atoms with Gasteiger partial charge in [0.15, 0.2) is 11.6 Å². The van der Waals surface area contributed by atoms with Crippen LogP contribution in [0.25, 0.3) is 0 Å². The minimum Gasteiger partial charge on any atom is -0.511 e. The van der Waals surface area contributed by atoms with Crippen LogP contribution >= 0.6 is 0 Å². The number of fused-ring (bicyclic) bond motifs is 1. The van der Waals surface area contributed by atoms with Crippen molar-refractivity contribution < 1.29 is 24.1 Å². The second kappa shape index (κ2) is 7.76. The number of aromatic nitrogens is 1. The number of allylic oxidation sites excluding steroid dienone is 2. The van der Waals surface area contributed by atoms with Gasteiger partial charge in [-0.1, -0.05) is 38.0 Å². The summed E-state index contributed by atoms with van der Waals surface area (Å²) in [6.45, 7) is 10.1. The van der Waals surface area contributed by atoms with Crippen molar-refractivity contribution in [3.05, 3.63) is 28.3 Å². The van der Waals surface area contributed by atoms with E-state index in [0.29, 0.717) is 67.9 Å². The molecular weight excluding hydrogens is 372 g/mol. The number of rotatable bonds is 6. The maximum Gasteiger partial charge on any atom is 0.168 e. The van der Waals surface area contributed by atoms with Crippen LogP contribution in [0.2, 0.25) is 0 Å². The van der Waals surface area contributed by atoms with E-state index in [9.17, 15) is 14.7 Å². The van der Waals surface area contributed by atoms with Crippen LogP contribution in [-0.4, -0.2) is 34.1 Å². The molecule has 3 rings (SSSR count). The van der Waals surface area contributed by atoms with Gasteiger partial charge in [-0.3, -0.25) is 9.59 Å². The van der Waals surface area contributed by atoms with Gasteiger partial charge in [-0.15, -0.1) is 0 Å². The van der Waals surface area contributed by atoms with Gasteiger partial charge in [-0.25, -0.2) is 0 Å². The molecule has 1 heterocycles. The van der Waals surface area contributed by atoms with E-state index >= 15 is 0 Å². The summed E-state index contributed by atoms with van der Waals surface area (Å²) >= 11 is 0. The summed E-state index contributed by atoms with van der Waals surface area (Å²) in [4.78, 5) is 30.5. The monoisotopic (exact) mass is 402 g/mol. The van der Waals surface area contributed by atoms with E-state index < -0.39 is 0 Å². The molecule has 7 nitrogen and oxygen atoms in total. The van der Waals surface area contributed by atoms with E-state index in [1.54, 1.807) is 6.92 Å². The number of aryl methyl sites for hydroxylation is 1. The number of hydrogen-bond acceptors (Lipinski definition) is 7. The largest absolute Gasteiger partial charge is 0.511 e. The Hall–Kier alpha value is -2.44. The molecule has 2 aliphatic rings. The van der Waals surface area contributed by atoms with Gasteiger partial charge in [0.1, 0.15) is 18.1 Å². The number of hydrogen-bond donors (Lipinski definition) is 1. The van der Waals surface area contributed by atoms with Crippen molar-refractivity contribution in [2.45, 2.75) is 73.1 Å². The lowest BCUT2D eigenvalue weighted by molar-refractivity contribution is -0.118. The van der Waals surface area contributed by atoms with Crippen LogP contribution in [-0.2, 0) is 22.5 Å². The van der Waals surface area contributed by atoms with Crippen molar-refractivity contribution in [3.8, 4) is 0 Å². The highest BCUT2D eigenvalue weighted by molar-refractivity contribution is 6.23. The first-order valence-electron chi connectivity index (χ1n) is 10.2. The zero-order chi connectivity index (χ0) is 21.4. The van der Waals surface area contributed by atoms with Gasteiger partial charge in [0.2, 0.25) is 0 Å². The molecule has 0 aliphatic heterocycles. The molecule has 0 amide bonds. The van der Waals surface area contributed by atoms with Crippen molar-refractivity contribution in [2.24, 2.45) is 16.0 Å². The lowest BCUT2D eigenvalue weighted by atomic mass is 9.74. The third-order valence-electron chi connectivity index (χ3n) is 5.43. The van der Waals surface area contributed by atoms with Gasteiger partial charge in [0.25, 0.3) is 0 Å². The van der Waals surface area contributed by atoms with E-state index in [1.165, 1.54) is 0 Å². The predicted molar refractivity (Wildman–Crippen MR) is 108 cm³/mol. The number of aliphatic hydroxyl groups excluding tert-OH is 1. The quantitative estimate of drug-likeness (QED) is 0.560. The molecule has 0 aromatic carbocycles. The highest BCUT2D eigenvalue weighted by Crippen LogP contribution is 2.38. The molecule has 0 bridgehead atoms. The highest BCUT2D eigenvalue weighted by Gasteiger charge is 2.38. The Bertz CT molecular complexity index is 889. The molecule has 1 N–H and O–H groups in total. The van der Waals surface area contributed by atoms with E-state index in [0.717, 1.165) is 0 Å². The second-order valence-electron chi connectivity index (χ2n) is 9.59. The molecule has 2 aliphatic carbocycles. The maximum absolute atomic E-state index is 12.7. The molecule has 7 heteroatoms. The SMILES string of the molecule is CCO/N=C(\CCc1noc2c1C(=O)CC(C)(C)C2)C1=C(O)CC(C)(C)CC1=O. The molecule has 29 heavy (non-hydrogen) atoms. The Morgan fingerprint density at radius 1 is 1.10 bits per heavy atom. The van der Waals surface area contributed by atoms with Gasteiger partial charge in [-0.2, -0.15) is 0 Å². The van der Waals surface area contributed by atoms with Crippen LogP contribution in [0.5, 0.6) is 0 Å². The zero-order valence-corrected chi connectivity index (χ0v) is 17.9. The second-order valence-corrected chi connectivity index (χ2v) is 9.59. The fraction of sp³-hybridized carbons (Fsp3) is 0.636. The summed E-state index contributed by atoms with van der Waals surface area (Å²) in [7, 11) is 0. The van der Waals surface area contributed by atoms with Crippen LogP contribution in [0.15, 0.2) is 21.0 Å². The van der Waals surface area contributed by atoms with Crippen LogP contribution < -0.4 is 0 Å². The molecule has 0 saturated heterocycles. The molecule has 1 aromatic rings. The smallest absolute Gasteiger partial charge is 0.168 e. The molecule has 0 spiro atoms. The zero-order valence-electron chi connectivity index (χ0n) is 17.9. The van der Waals surface area contributed by atoms with E-state index in [2.05, 4.69) is 10.3 Å². The first-order chi connectivity index (χ1) is 13.5. The third-order valence-corrected chi connectivity index (χ3v) is 5.43. The van der Waals surface area contributed by atoms with Crippen LogP contribution in [0.3, 0.4) is 0 Å². The Labute approximate surface area is 171 Å². The number of carbonyl (C=O) groups is 2. The van der Waals surface area contributed by atoms with Gasteiger partial charge >= 0.3 is 0 Å². The topological polar surface area (TPSA) is 102 Å². The minimum atomic E-state index is -0.286. The molecule has 0 fully saturated rings. The van der Waals surface area contributed by atoms with Gasteiger partial charge < -0.3 is 14.5 Å². The van der Waals surface area contributed by atoms with Crippen LogP contribution in [0.1, 0.15) is 82.1 Å². The fourth-order valence-corrected chi connectivity index (χ4v) is 4.20. The Balaban J connectivity index is 1.85. The Morgan fingerprint density at radius 2 is 1.76 bits per heavy atom. The minimum absolute atomic E-state index is 0.0355. The van der Waals surface area contributed by atoms with Crippen molar-refractivity contribution in [2.75, 3.05) is 6.61 Å². The van der Waals surface area contributed by atoms with Gasteiger partial charge in [0.05, 0.1) is 22.5 Å². The first-order valence-corrected chi connectivity index (χ1v) is 10.2. The summed E-state index contributed by atoms with van der Waals surface area (Å²) in [5.74, 6) is 0.567. The average Bonchev–Trinajstić information content (AvgIpc) is 2.96. The molecular formula is C22H30N2O5. The molecule has 0 atom stereocenters. The molecule has 0 radical (unpaired) electrons. The third kappa shape index (κ3) is 4.60. The van der Waals surface area contributed by atoms with Crippen molar-refractivity contribution >= 4 is 17.3 Å². The van der Waals surface area contributed by atoms with Gasteiger partial charge in [-0.05, 0) is 30.6 Å². The number of nitrogens with zero attached hydrogens (tertiary/aromatic N) is 2. The van der Waals surface area contributed by atoms with Crippen molar-refractivity contribution in [3.63, 3.8) is 0 Å². The fourth-order valence-electron chi connectivity index (χ4n) is 4.20. The van der Waals surface area contributed by atoms with E-state index in [1.807, 2.05) is 27.7 Å². The van der Waals surface area contributed by atoms with Crippen LogP contribution in [0, 0.1) is 10.8 Å². The van der Waals surface area contributed by atoms with E-state index in [-0.39, 0.29) is 33.7 Å². The van der Waals surface area contributed by atoms with Crippen molar-refractivity contribution in [1.29, 1.82) is 0 Å². The molecule has 0 unspecified atom stereocenters. The predicted octanol–water partition coefficient (Wildman–Crippen LogP) is 4.36. The highest BCUT2D eigenvalue weighted by atomic mass is 16.6. The normalized spacial score (nSPS) is 21.3. The number of Topliss-reactive ketones (excluding diaryl/α,β-unsaturated/α-hetero) is 2. The van der Waals surface area contributed by atoms with Gasteiger partial charge in [0, 0.05) is 25.7 Å². The van der Waals surface area contributed by atoms with E-state index in [4.69, 9.17) is 9.36 Å².